The molecule has 1 N–H and O–H groups in total. The van der Waals surface area contributed by atoms with E-state index in [1.807, 2.05) is 24.3 Å². The summed E-state index contributed by atoms with van der Waals surface area (Å²) in [6.07, 6.45) is 3.69. The lowest BCUT2D eigenvalue weighted by atomic mass is 10.1. The molecule has 1 aliphatic rings. The number of nitrogens with zero attached hydrogens (tertiary/aromatic N) is 2. The van der Waals surface area contributed by atoms with E-state index in [4.69, 9.17) is 23.2 Å². The van der Waals surface area contributed by atoms with Crippen molar-refractivity contribution < 1.29 is 14.9 Å². The summed E-state index contributed by atoms with van der Waals surface area (Å²) in [6, 6.07) is 10.2. The lowest BCUT2D eigenvalue weighted by Gasteiger charge is -2.24. The van der Waals surface area contributed by atoms with Crippen molar-refractivity contribution in [3.05, 3.63) is 67.7 Å². The first-order valence-electron chi connectivity index (χ1n) is 8.71. The van der Waals surface area contributed by atoms with Gasteiger partial charge in [-0.2, -0.15) is 0 Å². The number of rotatable bonds is 6. The summed E-state index contributed by atoms with van der Waals surface area (Å²) in [6.45, 7) is 2.51. The Balaban J connectivity index is 1.86. The topological polar surface area (TPSA) is 83.0 Å². The third kappa shape index (κ3) is 4.58. The van der Waals surface area contributed by atoms with Gasteiger partial charge in [0.1, 0.15) is 6.04 Å². The van der Waals surface area contributed by atoms with Gasteiger partial charge in [0.15, 0.2) is 0 Å². The first-order chi connectivity index (χ1) is 13.0. The molecular weight excluding hydrogens is 389 g/mol. The summed E-state index contributed by atoms with van der Waals surface area (Å²) in [5, 5.41) is 24.0. The van der Waals surface area contributed by atoms with Crippen molar-refractivity contribution in [1.29, 1.82) is 0 Å². The zero-order chi connectivity index (χ0) is 19.4. The molecule has 2 aromatic carbocycles. The predicted molar refractivity (Wildman–Crippen MR) is 104 cm³/mol. The SMILES string of the molecule is O=[N+]([O-])c1cc(Cl)cc(C=NC[C@H](c2ccccc2Cl)[NH+]2CCCC2)c1[O-]. The predicted octanol–water partition coefficient (Wildman–Crippen LogP) is 2.81. The maximum atomic E-state index is 12.2. The first-order valence-corrected chi connectivity index (χ1v) is 9.46. The molecule has 2 aromatic rings. The Hall–Kier alpha value is -2.15. The summed E-state index contributed by atoms with van der Waals surface area (Å²) in [4.78, 5) is 16.1. The van der Waals surface area contributed by atoms with Gasteiger partial charge in [0.2, 0.25) is 0 Å². The molecule has 3 rings (SSSR count). The zero-order valence-corrected chi connectivity index (χ0v) is 16.0. The van der Waals surface area contributed by atoms with E-state index < -0.39 is 16.4 Å². The highest BCUT2D eigenvalue weighted by Crippen LogP contribution is 2.30. The molecule has 0 unspecified atom stereocenters. The monoisotopic (exact) mass is 407 g/mol. The van der Waals surface area contributed by atoms with Gasteiger partial charge >= 0.3 is 0 Å². The Labute approximate surface area is 167 Å². The highest BCUT2D eigenvalue weighted by Gasteiger charge is 2.28. The summed E-state index contributed by atoms with van der Waals surface area (Å²) in [5.41, 5.74) is 0.591. The molecule has 1 heterocycles. The van der Waals surface area contributed by atoms with Crippen LogP contribution in [-0.4, -0.2) is 30.8 Å². The summed E-state index contributed by atoms with van der Waals surface area (Å²) < 4.78 is 0. The summed E-state index contributed by atoms with van der Waals surface area (Å²) in [7, 11) is 0. The molecule has 142 valence electrons. The van der Waals surface area contributed by atoms with E-state index in [-0.39, 0.29) is 16.6 Å². The molecule has 0 bridgehead atoms. The van der Waals surface area contributed by atoms with Gasteiger partial charge in [-0.1, -0.05) is 41.4 Å². The molecule has 0 aliphatic carbocycles. The zero-order valence-electron chi connectivity index (χ0n) is 14.5. The number of hydrogen-bond acceptors (Lipinski definition) is 4. The molecule has 1 atom stereocenters. The lowest BCUT2D eigenvalue weighted by Crippen LogP contribution is -3.10. The smallest absolute Gasteiger partial charge is 0.263 e. The van der Waals surface area contributed by atoms with Gasteiger partial charge in [-0.25, -0.2) is 0 Å². The van der Waals surface area contributed by atoms with Gasteiger partial charge in [0.25, 0.3) is 5.69 Å². The van der Waals surface area contributed by atoms with Crippen LogP contribution in [-0.2, 0) is 0 Å². The summed E-state index contributed by atoms with van der Waals surface area (Å²) >= 11 is 12.3. The normalized spacial score (nSPS) is 16.1. The number of quaternary nitrogens is 1. The fourth-order valence-electron chi connectivity index (χ4n) is 3.47. The van der Waals surface area contributed by atoms with Crippen LogP contribution in [0.15, 0.2) is 41.4 Å². The van der Waals surface area contributed by atoms with Gasteiger partial charge in [-0.05, 0) is 23.4 Å². The quantitative estimate of drug-likeness (QED) is 0.453. The molecule has 1 saturated heterocycles. The minimum Gasteiger partial charge on any atom is -0.867 e. The molecule has 6 nitrogen and oxygen atoms in total. The van der Waals surface area contributed by atoms with Gasteiger partial charge < -0.3 is 10.0 Å². The Kier molecular flexibility index (Phi) is 6.31. The highest BCUT2D eigenvalue weighted by molar-refractivity contribution is 6.31. The minimum atomic E-state index is -0.730. The molecule has 0 saturated carbocycles. The maximum Gasteiger partial charge on any atom is 0.263 e. The van der Waals surface area contributed by atoms with E-state index in [9.17, 15) is 15.2 Å². The molecule has 0 amide bonds. The number of nitrogens with one attached hydrogen (secondary N) is 1. The van der Waals surface area contributed by atoms with Gasteiger partial charge in [0.05, 0.1) is 24.6 Å². The number of nitro groups is 1. The van der Waals surface area contributed by atoms with Crippen LogP contribution in [0.2, 0.25) is 10.0 Å². The molecule has 27 heavy (non-hydrogen) atoms. The van der Waals surface area contributed by atoms with E-state index in [1.165, 1.54) is 17.2 Å². The van der Waals surface area contributed by atoms with Crippen LogP contribution in [0.4, 0.5) is 5.69 Å². The molecule has 0 aromatic heterocycles. The number of halogens is 2. The standard InChI is InChI=1S/C19H19Cl2N3O3/c20-14-9-13(19(25)17(10-14)24(26)27)11-22-12-18(23-7-3-4-8-23)15-5-1-2-6-16(15)21/h1-2,5-6,9-11,18,25H,3-4,7-8,12H2/t18-/m1/s1. The molecular formula is C19H19Cl2N3O3. The van der Waals surface area contributed by atoms with Gasteiger partial charge in [-0.15, -0.1) is 0 Å². The molecule has 8 heteroatoms. The molecule has 1 fully saturated rings. The molecule has 1 aliphatic heterocycles. The third-order valence-electron chi connectivity index (χ3n) is 4.80. The maximum absolute atomic E-state index is 12.2. The van der Waals surface area contributed by atoms with Gasteiger partial charge in [-0.3, -0.25) is 15.1 Å². The number of nitro benzene ring substituents is 1. The first kappa shape index (κ1) is 19.6. The second-order valence-corrected chi connectivity index (χ2v) is 7.38. The Morgan fingerprint density at radius 1 is 1.22 bits per heavy atom. The van der Waals surface area contributed by atoms with E-state index in [0.717, 1.165) is 37.6 Å². The number of aliphatic imine (C=N–C) groups is 1. The third-order valence-corrected chi connectivity index (χ3v) is 5.36. The van der Waals surface area contributed by atoms with E-state index in [1.54, 1.807) is 0 Å². The highest BCUT2D eigenvalue weighted by atomic mass is 35.5. The van der Waals surface area contributed by atoms with Crippen LogP contribution in [0.25, 0.3) is 0 Å². The van der Waals surface area contributed by atoms with Crippen molar-refractivity contribution in [3.8, 4) is 5.75 Å². The van der Waals surface area contributed by atoms with Crippen LogP contribution in [0, 0.1) is 10.1 Å². The largest absolute Gasteiger partial charge is 0.867 e. The number of benzene rings is 2. The molecule has 0 radical (unpaired) electrons. The van der Waals surface area contributed by atoms with Crippen molar-refractivity contribution in [1.82, 2.24) is 0 Å². The van der Waals surface area contributed by atoms with Gasteiger partial charge in [0, 0.05) is 40.7 Å². The number of likely N-dealkylation sites (tertiary alicyclic amines) is 1. The van der Waals surface area contributed by atoms with E-state index in [2.05, 4.69) is 4.99 Å². The Bertz CT molecular complexity index is 867. The van der Waals surface area contributed by atoms with Crippen molar-refractivity contribution in [3.63, 3.8) is 0 Å². The summed E-state index contributed by atoms with van der Waals surface area (Å²) in [5.74, 6) is -0.684. The van der Waals surface area contributed by atoms with Crippen LogP contribution in [0.1, 0.15) is 30.0 Å². The van der Waals surface area contributed by atoms with Crippen LogP contribution in [0.3, 0.4) is 0 Å². The van der Waals surface area contributed by atoms with Crippen molar-refractivity contribution >= 4 is 35.1 Å². The van der Waals surface area contributed by atoms with Crippen LogP contribution >= 0.6 is 23.2 Å². The average molecular weight is 408 g/mol. The van der Waals surface area contributed by atoms with Crippen LogP contribution in [0.5, 0.6) is 5.75 Å². The fraction of sp³-hybridized carbons (Fsp3) is 0.316. The second kappa shape index (κ2) is 8.69. The lowest BCUT2D eigenvalue weighted by molar-refractivity contribution is -0.918. The van der Waals surface area contributed by atoms with E-state index in [0.29, 0.717) is 11.6 Å². The Morgan fingerprint density at radius 2 is 1.93 bits per heavy atom. The molecule has 0 spiro atoms. The number of hydrogen-bond donors (Lipinski definition) is 1. The average Bonchev–Trinajstić information content (AvgIpc) is 3.16. The van der Waals surface area contributed by atoms with Crippen LogP contribution < -0.4 is 10.0 Å². The minimum absolute atomic E-state index is 0.0710. The van der Waals surface area contributed by atoms with Crippen molar-refractivity contribution in [2.45, 2.75) is 18.9 Å². The van der Waals surface area contributed by atoms with Crippen molar-refractivity contribution in [2.24, 2.45) is 4.99 Å². The Morgan fingerprint density at radius 3 is 2.59 bits per heavy atom. The second-order valence-electron chi connectivity index (χ2n) is 6.53. The fourth-order valence-corrected chi connectivity index (χ4v) is 3.96. The van der Waals surface area contributed by atoms with Crippen molar-refractivity contribution in [2.75, 3.05) is 19.6 Å². The van der Waals surface area contributed by atoms with E-state index >= 15 is 0 Å².